The van der Waals surface area contributed by atoms with Crippen LogP contribution in [-0.4, -0.2) is 20.0 Å². The first-order valence-corrected chi connectivity index (χ1v) is 7.54. The number of rotatable bonds is 2. The Hall–Kier alpha value is -2.75. The summed E-state index contributed by atoms with van der Waals surface area (Å²) >= 11 is 0. The molecule has 0 saturated heterocycles. The molecule has 3 aromatic rings. The topological polar surface area (TPSA) is 58.3 Å². The Kier molecular flexibility index (Phi) is 3.60. The molecule has 0 radical (unpaired) electrons. The number of hydrogen-bond acceptors (Lipinski definition) is 3. The lowest BCUT2D eigenvalue weighted by atomic mass is 10.1. The van der Waals surface area contributed by atoms with E-state index in [-0.39, 0.29) is 17.0 Å². The van der Waals surface area contributed by atoms with Crippen molar-refractivity contribution in [2.24, 2.45) is 0 Å². The molecule has 118 valence electrons. The molecule has 0 atom stereocenters. The van der Waals surface area contributed by atoms with Crippen molar-refractivity contribution < 1.29 is 10.2 Å². The van der Waals surface area contributed by atoms with E-state index in [0.29, 0.717) is 0 Å². The van der Waals surface area contributed by atoms with E-state index in [2.05, 4.69) is 20.8 Å². The zero-order chi connectivity index (χ0) is 16.6. The number of benzene rings is 2. The van der Waals surface area contributed by atoms with Gasteiger partial charge in [-0.1, -0.05) is 0 Å². The molecule has 0 unspecified atom stereocenters. The fourth-order valence-electron chi connectivity index (χ4n) is 2.50. The number of aromatic hydroxyl groups is 2. The van der Waals surface area contributed by atoms with Gasteiger partial charge in [0.1, 0.15) is 11.5 Å². The summed E-state index contributed by atoms with van der Waals surface area (Å²) in [6.07, 6.45) is 0. The second-order valence-corrected chi connectivity index (χ2v) is 6.59. The molecule has 4 nitrogen and oxygen atoms in total. The van der Waals surface area contributed by atoms with Gasteiger partial charge in [0.25, 0.3) is 0 Å². The van der Waals surface area contributed by atoms with E-state index in [1.165, 1.54) is 0 Å². The van der Waals surface area contributed by atoms with Crippen LogP contribution in [0.1, 0.15) is 20.8 Å². The third-order valence-corrected chi connectivity index (χ3v) is 3.67. The van der Waals surface area contributed by atoms with Crippen molar-refractivity contribution in [2.45, 2.75) is 26.3 Å². The van der Waals surface area contributed by atoms with Crippen LogP contribution in [0.5, 0.6) is 11.5 Å². The lowest BCUT2D eigenvalue weighted by molar-refractivity contribution is 0.361. The highest BCUT2D eigenvalue weighted by atomic mass is 16.3. The van der Waals surface area contributed by atoms with Crippen molar-refractivity contribution in [3.05, 3.63) is 54.6 Å². The molecule has 1 aromatic heterocycles. The maximum absolute atomic E-state index is 9.50. The Bertz CT molecular complexity index is 810. The van der Waals surface area contributed by atoms with Gasteiger partial charge in [0.15, 0.2) is 0 Å². The van der Waals surface area contributed by atoms with Crippen LogP contribution in [0, 0.1) is 0 Å². The fourth-order valence-corrected chi connectivity index (χ4v) is 2.50. The molecular formula is C19H20N2O2. The number of phenols is 2. The van der Waals surface area contributed by atoms with Crippen LogP contribution in [0.3, 0.4) is 0 Å². The first-order valence-electron chi connectivity index (χ1n) is 7.54. The second-order valence-electron chi connectivity index (χ2n) is 6.59. The number of phenolic OH excluding ortho intramolecular Hbond substituents is 2. The van der Waals surface area contributed by atoms with Crippen molar-refractivity contribution in [2.75, 3.05) is 0 Å². The van der Waals surface area contributed by atoms with Crippen LogP contribution in [-0.2, 0) is 5.54 Å². The molecule has 0 aliphatic rings. The Labute approximate surface area is 135 Å². The maximum Gasteiger partial charge on any atom is 0.115 e. The smallest absolute Gasteiger partial charge is 0.115 e. The SMILES string of the molecule is CC(C)(C)n1nc(-c2ccc(O)cc2)cc1-c1ccc(O)cc1. The van der Waals surface area contributed by atoms with Crippen LogP contribution >= 0.6 is 0 Å². The van der Waals surface area contributed by atoms with Gasteiger partial charge in [0, 0.05) is 11.1 Å². The predicted octanol–water partition coefficient (Wildman–Crippen LogP) is 4.38. The first-order chi connectivity index (χ1) is 10.8. The molecule has 1 heterocycles. The minimum absolute atomic E-state index is 0.178. The average Bonchev–Trinajstić information content (AvgIpc) is 2.94. The molecule has 2 aromatic carbocycles. The molecule has 4 heteroatoms. The number of nitrogens with zero attached hydrogens (tertiary/aromatic N) is 2. The van der Waals surface area contributed by atoms with Gasteiger partial charge in [-0.15, -0.1) is 0 Å². The molecule has 3 rings (SSSR count). The fraction of sp³-hybridized carbons (Fsp3) is 0.211. The van der Waals surface area contributed by atoms with E-state index >= 15 is 0 Å². The van der Waals surface area contributed by atoms with Crippen molar-refractivity contribution in [1.29, 1.82) is 0 Å². The van der Waals surface area contributed by atoms with Gasteiger partial charge >= 0.3 is 0 Å². The highest BCUT2D eigenvalue weighted by Crippen LogP contribution is 2.31. The zero-order valence-electron chi connectivity index (χ0n) is 13.5. The zero-order valence-corrected chi connectivity index (χ0v) is 13.5. The Morgan fingerprint density at radius 1 is 0.783 bits per heavy atom. The Morgan fingerprint density at radius 2 is 1.26 bits per heavy atom. The van der Waals surface area contributed by atoms with Gasteiger partial charge in [-0.05, 0) is 75.4 Å². The van der Waals surface area contributed by atoms with E-state index in [4.69, 9.17) is 5.10 Å². The largest absolute Gasteiger partial charge is 0.508 e. The monoisotopic (exact) mass is 308 g/mol. The molecule has 0 saturated carbocycles. The van der Waals surface area contributed by atoms with E-state index in [1.807, 2.05) is 35.0 Å². The molecule has 0 fully saturated rings. The third-order valence-electron chi connectivity index (χ3n) is 3.67. The normalized spacial score (nSPS) is 11.6. The van der Waals surface area contributed by atoms with Crippen LogP contribution in [0.25, 0.3) is 22.5 Å². The summed E-state index contributed by atoms with van der Waals surface area (Å²) in [7, 11) is 0. The number of hydrogen-bond donors (Lipinski definition) is 2. The van der Waals surface area contributed by atoms with Crippen LogP contribution in [0.4, 0.5) is 0 Å². The Morgan fingerprint density at radius 3 is 1.74 bits per heavy atom. The standard InChI is InChI=1S/C19H20N2O2/c1-19(2,3)21-18(14-6-10-16(23)11-7-14)12-17(20-21)13-4-8-15(22)9-5-13/h4-12,22-23H,1-3H3. The minimum Gasteiger partial charge on any atom is -0.508 e. The van der Waals surface area contributed by atoms with Crippen molar-refractivity contribution >= 4 is 0 Å². The average molecular weight is 308 g/mol. The molecule has 0 aliphatic carbocycles. The molecular weight excluding hydrogens is 288 g/mol. The summed E-state index contributed by atoms with van der Waals surface area (Å²) in [5.74, 6) is 0.483. The third kappa shape index (κ3) is 3.06. The van der Waals surface area contributed by atoms with Gasteiger partial charge in [-0.25, -0.2) is 0 Å². The van der Waals surface area contributed by atoms with E-state index in [9.17, 15) is 10.2 Å². The summed E-state index contributed by atoms with van der Waals surface area (Å²) in [5.41, 5.74) is 3.60. The lowest BCUT2D eigenvalue weighted by Crippen LogP contribution is -2.24. The van der Waals surface area contributed by atoms with Gasteiger partial charge < -0.3 is 10.2 Å². The van der Waals surface area contributed by atoms with Crippen molar-refractivity contribution in [3.63, 3.8) is 0 Å². The summed E-state index contributed by atoms with van der Waals surface area (Å²) in [5, 5.41) is 23.7. The second kappa shape index (κ2) is 5.47. The number of aromatic nitrogens is 2. The maximum atomic E-state index is 9.50. The van der Waals surface area contributed by atoms with E-state index in [0.717, 1.165) is 22.5 Å². The van der Waals surface area contributed by atoms with Gasteiger partial charge in [0.05, 0.1) is 16.9 Å². The molecule has 0 amide bonds. The van der Waals surface area contributed by atoms with Crippen LogP contribution in [0.15, 0.2) is 54.6 Å². The highest BCUT2D eigenvalue weighted by molar-refractivity contribution is 5.69. The molecule has 0 aliphatic heterocycles. The first kappa shape index (κ1) is 15.2. The van der Waals surface area contributed by atoms with E-state index in [1.54, 1.807) is 24.3 Å². The predicted molar refractivity (Wildman–Crippen MR) is 91.4 cm³/mol. The van der Waals surface area contributed by atoms with Crippen molar-refractivity contribution in [3.8, 4) is 34.0 Å². The van der Waals surface area contributed by atoms with Crippen molar-refractivity contribution in [1.82, 2.24) is 9.78 Å². The van der Waals surface area contributed by atoms with Crippen LogP contribution < -0.4 is 0 Å². The minimum atomic E-state index is -0.178. The van der Waals surface area contributed by atoms with Gasteiger partial charge in [-0.3, -0.25) is 4.68 Å². The summed E-state index contributed by atoms with van der Waals surface area (Å²) in [6.45, 7) is 6.31. The van der Waals surface area contributed by atoms with Gasteiger partial charge in [-0.2, -0.15) is 5.10 Å². The lowest BCUT2D eigenvalue weighted by Gasteiger charge is -2.22. The van der Waals surface area contributed by atoms with E-state index < -0.39 is 0 Å². The van der Waals surface area contributed by atoms with Gasteiger partial charge in [0.2, 0.25) is 0 Å². The summed E-state index contributed by atoms with van der Waals surface area (Å²) < 4.78 is 1.99. The summed E-state index contributed by atoms with van der Waals surface area (Å²) in [4.78, 5) is 0. The van der Waals surface area contributed by atoms with Crippen LogP contribution in [0.2, 0.25) is 0 Å². The highest BCUT2D eigenvalue weighted by Gasteiger charge is 2.21. The molecule has 0 bridgehead atoms. The Balaban J connectivity index is 2.14. The molecule has 23 heavy (non-hydrogen) atoms. The molecule has 2 N–H and O–H groups in total. The summed E-state index contributed by atoms with van der Waals surface area (Å²) in [6, 6.07) is 16.2. The molecule has 0 spiro atoms. The quantitative estimate of drug-likeness (QED) is 0.738.